The minimum absolute atomic E-state index is 0.277. The van der Waals surface area contributed by atoms with Crippen LogP contribution in [0.1, 0.15) is 37.0 Å². The molecule has 0 aliphatic carbocycles. The van der Waals surface area contributed by atoms with Crippen LogP contribution in [-0.4, -0.2) is 52.1 Å². The smallest absolute Gasteiger partial charge is 0.191 e. The number of ether oxygens (including phenoxy) is 1. The molecule has 0 bridgehead atoms. The summed E-state index contributed by atoms with van der Waals surface area (Å²) in [5.41, 5.74) is 1.21. The number of aliphatic imine (C=N–C) groups is 1. The highest BCUT2D eigenvalue weighted by atomic mass is 16.5. The zero-order valence-corrected chi connectivity index (χ0v) is 16.7. The molecule has 0 saturated carbocycles. The molecular formula is C20H30N6O2. The molecule has 28 heavy (non-hydrogen) atoms. The summed E-state index contributed by atoms with van der Waals surface area (Å²) in [6.07, 6.45) is 3.80. The molecule has 1 unspecified atom stereocenters. The van der Waals surface area contributed by atoms with Crippen LogP contribution in [0.5, 0.6) is 5.75 Å². The average molecular weight is 387 g/mol. The van der Waals surface area contributed by atoms with E-state index in [4.69, 9.17) is 9.73 Å². The van der Waals surface area contributed by atoms with Crippen LogP contribution >= 0.6 is 0 Å². The Bertz CT molecular complexity index is 772. The third kappa shape index (κ3) is 5.69. The maximum Gasteiger partial charge on any atom is 0.191 e. The topological polar surface area (TPSA) is 96.6 Å². The van der Waals surface area contributed by atoms with Gasteiger partial charge in [0, 0.05) is 32.7 Å². The van der Waals surface area contributed by atoms with Crippen LogP contribution in [0.4, 0.5) is 0 Å². The van der Waals surface area contributed by atoms with E-state index in [1.165, 1.54) is 5.56 Å². The van der Waals surface area contributed by atoms with Crippen molar-refractivity contribution in [2.24, 2.45) is 4.99 Å². The first kappa shape index (κ1) is 20.1. The number of fused-ring (bicyclic) bond motifs is 1. The van der Waals surface area contributed by atoms with Gasteiger partial charge in [-0.1, -0.05) is 12.1 Å². The standard InChI is InChI=1S/C20H30N6O2/c1-3-21-20(22-12-4-5-15-6-9-17(27)10-7-15)23-16-8-11-19-24-18(14-28-2)25-26(19)13-16/h6-7,9-10,16,27H,3-5,8,11-14H2,1-2H3,(H2,21,22,23). The third-order valence-electron chi connectivity index (χ3n) is 4.69. The van der Waals surface area contributed by atoms with Crippen LogP contribution in [0.15, 0.2) is 29.3 Å². The largest absolute Gasteiger partial charge is 0.508 e. The van der Waals surface area contributed by atoms with Crippen LogP contribution < -0.4 is 10.6 Å². The Kier molecular flexibility index (Phi) is 7.25. The fraction of sp³-hybridized carbons (Fsp3) is 0.550. The van der Waals surface area contributed by atoms with E-state index in [1.54, 1.807) is 19.2 Å². The van der Waals surface area contributed by atoms with Crippen molar-refractivity contribution in [3.63, 3.8) is 0 Å². The summed E-state index contributed by atoms with van der Waals surface area (Å²) < 4.78 is 7.10. The summed E-state index contributed by atoms with van der Waals surface area (Å²) in [6, 6.07) is 7.64. The Morgan fingerprint density at radius 1 is 1.36 bits per heavy atom. The van der Waals surface area contributed by atoms with Crippen molar-refractivity contribution in [2.45, 2.75) is 51.8 Å². The lowest BCUT2D eigenvalue weighted by Crippen LogP contribution is -2.47. The number of nitrogens with zero attached hydrogens (tertiary/aromatic N) is 4. The highest BCUT2D eigenvalue weighted by Gasteiger charge is 2.22. The van der Waals surface area contributed by atoms with Crippen molar-refractivity contribution in [1.82, 2.24) is 25.4 Å². The number of rotatable bonds is 8. The van der Waals surface area contributed by atoms with E-state index < -0.39 is 0 Å². The Morgan fingerprint density at radius 3 is 2.93 bits per heavy atom. The molecule has 1 aromatic heterocycles. The number of benzene rings is 1. The monoisotopic (exact) mass is 386 g/mol. The normalized spacial score (nSPS) is 16.6. The van der Waals surface area contributed by atoms with Crippen molar-refractivity contribution in [1.29, 1.82) is 0 Å². The summed E-state index contributed by atoms with van der Waals surface area (Å²) in [7, 11) is 1.66. The molecule has 0 saturated heterocycles. The number of guanidine groups is 1. The first-order valence-electron chi connectivity index (χ1n) is 9.92. The molecule has 8 nitrogen and oxygen atoms in total. The Morgan fingerprint density at radius 2 is 2.18 bits per heavy atom. The molecule has 2 aromatic rings. The quantitative estimate of drug-likeness (QED) is 0.363. The molecule has 1 atom stereocenters. The molecule has 3 N–H and O–H groups in total. The zero-order valence-electron chi connectivity index (χ0n) is 16.7. The molecule has 2 heterocycles. The van der Waals surface area contributed by atoms with Gasteiger partial charge in [-0.05, 0) is 43.9 Å². The Labute approximate surface area is 166 Å². The SMILES string of the molecule is CCNC(=NCCCc1ccc(O)cc1)NC1CCc2nc(COC)nn2C1. The molecule has 3 rings (SSSR count). The summed E-state index contributed by atoms with van der Waals surface area (Å²) >= 11 is 0. The van der Waals surface area contributed by atoms with Gasteiger partial charge in [-0.3, -0.25) is 4.99 Å². The second-order valence-electron chi connectivity index (χ2n) is 6.97. The minimum Gasteiger partial charge on any atom is -0.508 e. The molecule has 1 aliphatic rings. The number of aromatic hydroxyl groups is 1. The molecule has 0 radical (unpaired) electrons. The number of nitrogens with one attached hydrogen (secondary N) is 2. The van der Waals surface area contributed by atoms with E-state index in [0.717, 1.165) is 62.9 Å². The third-order valence-corrected chi connectivity index (χ3v) is 4.69. The predicted molar refractivity (Wildman–Crippen MR) is 108 cm³/mol. The molecule has 8 heteroatoms. The Balaban J connectivity index is 1.50. The molecular weight excluding hydrogens is 356 g/mol. The number of hydrogen-bond acceptors (Lipinski definition) is 5. The maximum atomic E-state index is 9.35. The number of aryl methyl sites for hydroxylation is 2. The number of aromatic nitrogens is 3. The van der Waals surface area contributed by atoms with Gasteiger partial charge in [-0.2, -0.15) is 5.10 Å². The first-order chi connectivity index (χ1) is 13.7. The van der Waals surface area contributed by atoms with E-state index in [-0.39, 0.29) is 6.04 Å². The zero-order chi connectivity index (χ0) is 19.8. The van der Waals surface area contributed by atoms with E-state index in [9.17, 15) is 5.11 Å². The molecule has 0 amide bonds. The predicted octanol–water partition coefficient (Wildman–Crippen LogP) is 1.63. The molecule has 0 fully saturated rings. The van der Waals surface area contributed by atoms with Crippen molar-refractivity contribution >= 4 is 5.96 Å². The number of methoxy groups -OCH3 is 1. The van der Waals surface area contributed by atoms with Gasteiger partial charge in [0.2, 0.25) is 0 Å². The number of phenols is 1. The van der Waals surface area contributed by atoms with Crippen LogP contribution in [-0.2, 0) is 30.7 Å². The highest BCUT2D eigenvalue weighted by molar-refractivity contribution is 5.80. The van der Waals surface area contributed by atoms with E-state index in [0.29, 0.717) is 12.4 Å². The van der Waals surface area contributed by atoms with E-state index in [1.807, 2.05) is 16.8 Å². The van der Waals surface area contributed by atoms with Crippen LogP contribution in [0.25, 0.3) is 0 Å². The first-order valence-corrected chi connectivity index (χ1v) is 9.92. The lowest BCUT2D eigenvalue weighted by molar-refractivity contribution is 0.177. The fourth-order valence-corrected chi connectivity index (χ4v) is 3.32. The summed E-state index contributed by atoms with van der Waals surface area (Å²) in [6.45, 7) is 4.87. The summed E-state index contributed by atoms with van der Waals surface area (Å²) in [5, 5.41) is 20.7. The lowest BCUT2D eigenvalue weighted by atomic mass is 10.1. The maximum absolute atomic E-state index is 9.35. The van der Waals surface area contributed by atoms with Crippen molar-refractivity contribution in [3.8, 4) is 5.75 Å². The van der Waals surface area contributed by atoms with Crippen LogP contribution in [0.3, 0.4) is 0 Å². The molecule has 1 aromatic carbocycles. The van der Waals surface area contributed by atoms with Gasteiger partial charge >= 0.3 is 0 Å². The summed E-state index contributed by atoms with van der Waals surface area (Å²) in [4.78, 5) is 9.23. The van der Waals surface area contributed by atoms with Gasteiger partial charge in [-0.25, -0.2) is 9.67 Å². The highest BCUT2D eigenvalue weighted by Crippen LogP contribution is 2.14. The Hall–Kier alpha value is -2.61. The number of phenolic OH excluding ortho intramolecular Hbond substituents is 1. The van der Waals surface area contributed by atoms with Crippen molar-refractivity contribution in [3.05, 3.63) is 41.5 Å². The van der Waals surface area contributed by atoms with E-state index in [2.05, 4.69) is 27.6 Å². The number of hydrogen-bond donors (Lipinski definition) is 3. The van der Waals surface area contributed by atoms with Gasteiger partial charge in [0.25, 0.3) is 0 Å². The molecule has 1 aliphatic heterocycles. The summed E-state index contributed by atoms with van der Waals surface area (Å²) in [5.74, 6) is 2.92. The van der Waals surface area contributed by atoms with E-state index >= 15 is 0 Å². The fourth-order valence-electron chi connectivity index (χ4n) is 3.32. The van der Waals surface area contributed by atoms with Crippen LogP contribution in [0.2, 0.25) is 0 Å². The van der Waals surface area contributed by atoms with Gasteiger partial charge in [0.05, 0.1) is 6.54 Å². The van der Waals surface area contributed by atoms with Crippen molar-refractivity contribution < 1.29 is 9.84 Å². The van der Waals surface area contributed by atoms with Gasteiger partial charge in [0.1, 0.15) is 18.2 Å². The minimum atomic E-state index is 0.277. The van der Waals surface area contributed by atoms with Gasteiger partial charge < -0.3 is 20.5 Å². The second kappa shape index (κ2) is 10.1. The average Bonchev–Trinajstić information content (AvgIpc) is 3.08. The molecule has 0 spiro atoms. The van der Waals surface area contributed by atoms with Gasteiger partial charge in [-0.15, -0.1) is 0 Å². The molecule has 152 valence electrons. The van der Waals surface area contributed by atoms with Gasteiger partial charge in [0.15, 0.2) is 11.8 Å². The second-order valence-corrected chi connectivity index (χ2v) is 6.97. The lowest BCUT2D eigenvalue weighted by Gasteiger charge is -2.25. The van der Waals surface area contributed by atoms with Crippen LogP contribution in [0, 0.1) is 0 Å². The van der Waals surface area contributed by atoms with Crippen molar-refractivity contribution in [2.75, 3.05) is 20.2 Å².